The molecule has 0 aromatic heterocycles. The fourth-order valence-corrected chi connectivity index (χ4v) is 2.04. The summed E-state index contributed by atoms with van der Waals surface area (Å²) >= 11 is 0. The van der Waals surface area contributed by atoms with E-state index in [0.717, 1.165) is 13.1 Å². The third-order valence-electron chi connectivity index (χ3n) is 3.08. The van der Waals surface area contributed by atoms with Gasteiger partial charge in [0, 0.05) is 26.2 Å². The largest absolute Gasteiger partial charge is 0.336 e. The van der Waals surface area contributed by atoms with Crippen LogP contribution in [0, 0.1) is 18.2 Å². The van der Waals surface area contributed by atoms with E-state index in [1.807, 2.05) is 0 Å². The van der Waals surface area contributed by atoms with Crippen LogP contribution >= 0.6 is 0 Å². The van der Waals surface area contributed by atoms with E-state index in [9.17, 15) is 9.18 Å². The molecule has 0 N–H and O–H groups in total. The van der Waals surface area contributed by atoms with Crippen molar-refractivity contribution in [3.05, 3.63) is 35.6 Å². The molecule has 94 valence electrons. The normalized spacial score (nSPS) is 16.3. The lowest BCUT2D eigenvalue weighted by Gasteiger charge is -2.33. The highest BCUT2D eigenvalue weighted by Crippen LogP contribution is 2.12. The van der Waals surface area contributed by atoms with Crippen molar-refractivity contribution in [2.45, 2.75) is 0 Å². The minimum absolute atomic E-state index is 0.142. The Morgan fingerprint density at radius 1 is 1.28 bits per heavy atom. The van der Waals surface area contributed by atoms with E-state index in [2.05, 4.69) is 10.8 Å². The summed E-state index contributed by atoms with van der Waals surface area (Å²) in [7, 11) is 0. The minimum atomic E-state index is -0.464. The van der Waals surface area contributed by atoms with Gasteiger partial charge in [0.25, 0.3) is 5.91 Å². The molecular formula is C14H15FN2O. The average Bonchev–Trinajstić information content (AvgIpc) is 2.40. The second-order valence-corrected chi connectivity index (χ2v) is 4.25. The van der Waals surface area contributed by atoms with Crippen molar-refractivity contribution in [3.8, 4) is 12.3 Å². The van der Waals surface area contributed by atoms with Crippen molar-refractivity contribution < 1.29 is 9.18 Å². The zero-order valence-electron chi connectivity index (χ0n) is 10.1. The molecule has 18 heavy (non-hydrogen) atoms. The first kappa shape index (κ1) is 12.6. The first-order valence-corrected chi connectivity index (χ1v) is 5.92. The molecule has 1 amide bonds. The smallest absolute Gasteiger partial charge is 0.256 e. The first-order valence-electron chi connectivity index (χ1n) is 5.92. The third-order valence-corrected chi connectivity index (χ3v) is 3.08. The Morgan fingerprint density at radius 3 is 2.56 bits per heavy atom. The number of rotatable bonds is 2. The van der Waals surface area contributed by atoms with Crippen molar-refractivity contribution in [1.29, 1.82) is 0 Å². The summed E-state index contributed by atoms with van der Waals surface area (Å²) in [5.41, 5.74) is 0.142. The van der Waals surface area contributed by atoms with Crippen LogP contribution in [-0.2, 0) is 0 Å². The number of hydrogen-bond donors (Lipinski definition) is 0. The van der Waals surface area contributed by atoms with Crippen molar-refractivity contribution in [3.63, 3.8) is 0 Å². The molecular weight excluding hydrogens is 231 g/mol. The molecule has 1 aliphatic rings. The van der Waals surface area contributed by atoms with Gasteiger partial charge in [-0.2, -0.15) is 0 Å². The standard InChI is InChI=1S/C14H15FN2O/c1-2-7-16-8-10-17(11-9-16)14(18)12-5-3-4-6-13(12)15/h1,3-6H,7-11H2. The molecule has 1 fully saturated rings. The SMILES string of the molecule is C#CCN1CCN(C(=O)c2ccccc2F)CC1. The molecule has 0 bridgehead atoms. The Labute approximate surface area is 106 Å². The van der Waals surface area contributed by atoms with Crippen LogP contribution in [0.4, 0.5) is 4.39 Å². The zero-order valence-corrected chi connectivity index (χ0v) is 10.1. The van der Waals surface area contributed by atoms with Gasteiger partial charge in [-0.1, -0.05) is 18.1 Å². The van der Waals surface area contributed by atoms with Crippen LogP contribution in [0.5, 0.6) is 0 Å². The maximum Gasteiger partial charge on any atom is 0.256 e. The molecule has 0 spiro atoms. The van der Waals surface area contributed by atoms with E-state index < -0.39 is 5.82 Å². The maximum atomic E-state index is 13.5. The fraction of sp³-hybridized carbons (Fsp3) is 0.357. The van der Waals surface area contributed by atoms with Crippen LogP contribution in [0.25, 0.3) is 0 Å². The molecule has 1 heterocycles. The number of nitrogens with zero attached hydrogens (tertiary/aromatic N) is 2. The molecule has 1 aliphatic heterocycles. The van der Waals surface area contributed by atoms with Gasteiger partial charge in [-0.25, -0.2) is 4.39 Å². The van der Waals surface area contributed by atoms with E-state index in [1.165, 1.54) is 12.1 Å². The number of piperazine rings is 1. The Balaban J connectivity index is 2.00. The molecule has 1 aromatic carbocycles. The molecule has 1 saturated heterocycles. The number of amides is 1. The van der Waals surface area contributed by atoms with Gasteiger partial charge in [-0.15, -0.1) is 6.42 Å². The number of benzene rings is 1. The third kappa shape index (κ3) is 2.69. The Hall–Kier alpha value is -1.86. The summed E-state index contributed by atoms with van der Waals surface area (Å²) in [6, 6.07) is 6.08. The van der Waals surface area contributed by atoms with Gasteiger partial charge in [0.05, 0.1) is 12.1 Å². The molecule has 0 atom stereocenters. The van der Waals surface area contributed by atoms with Gasteiger partial charge >= 0.3 is 0 Å². The van der Waals surface area contributed by atoms with Crippen molar-refractivity contribution in [2.24, 2.45) is 0 Å². The van der Waals surface area contributed by atoms with Crippen LogP contribution in [0.3, 0.4) is 0 Å². The summed E-state index contributed by atoms with van der Waals surface area (Å²) in [5, 5.41) is 0. The van der Waals surface area contributed by atoms with Crippen molar-refractivity contribution in [1.82, 2.24) is 9.80 Å². The fourth-order valence-electron chi connectivity index (χ4n) is 2.04. The van der Waals surface area contributed by atoms with Gasteiger partial charge in [0.2, 0.25) is 0 Å². The van der Waals surface area contributed by atoms with E-state index in [0.29, 0.717) is 19.6 Å². The van der Waals surface area contributed by atoms with Crippen molar-refractivity contribution in [2.75, 3.05) is 32.7 Å². The Bertz CT molecular complexity index is 473. The summed E-state index contributed by atoms with van der Waals surface area (Å²) in [5.74, 6) is 1.88. The van der Waals surface area contributed by atoms with Crippen LogP contribution < -0.4 is 0 Å². The highest BCUT2D eigenvalue weighted by atomic mass is 19.1. The molecule has 1 aromatic rings. The first-order chi connectivity index (χ1) is 8.72. The van der Waals surface area contributed by atoms with Gasteiger partial charge < -0.3 is 4.90 Å². The summed E-state index contributed by atoms with van der Waals surface area (Å²) in [6.45, 7) is 3.26. The highest BCUT2D eigenvalue weighted by molar-refractivity contribution is 5.94. The summed E-state index contributed by atoms with van der Waals surface area (Å²) in [6.07, 6.45) is 5.24. The van der Waals surface area contributed by atoms with Gasteiger partial charge in [-0.3, -0.25) is 9.69 Å². The number of halogens is 1. The quantitative estimate of drug-likeness (QED) is 0.732. The highest BCUT2D eigenvalue weighted by Gasteiger charge is 2.23. The van der Waals surface area contributed by atoms with E-state index in [-0.39, 0.29) is 11.5 Å². The maximum absolute atomic E-state index is 13.5. The van der Waals surface area contributed by atoms with Crippen LogP contribution in [-0.4, -0.2) is 48.4 Å². The van der Waals surface area contributed by atoms with E-state index >= 15 is 0 Å². The van der Waals surface area contributed by atoms with Gasteiger partial charge in [0.15, 0.2) is 0 Å². The molecule has 0 saturated carbocycles. The van der Waals surface area contributed by atoms with Crippen LogP contribution in [0.15, 0.2) is 24.3 Å². The average molecular weight is 246 g/mol. The number of terminal acetylenes is 1. The van der Waals surface area contributed by atoms with Crippen LogP contribution in [0.2, 0.25) is 0 Å². The lowest BCUT2D eigenvalue weighted by molar-refractivity contribution is 0.0647. The second-order valence-electron chi connectivity index (χ2n) is 4.25. The molecule has 0 aliphatic carbocycles. The minimum Gasteiger partial charge on any atom is -0.336 e. The molecule has 4 heteroatoms. The topological polar surface area (TPSA) is 23.6 Å². The predicted molar refractivity (Wildman–Crippen MR) is 67.6 cm³/mol. The predicted octanol–water partition coefficient (Wildman–Crippen LogP) is 1.22. The van der Waals surface area contributed by atoms with Gasteiger partial charge in [-0.05, 0) is 12.1 Å². The molecule has 0 radical (unpaired) electrons. The zero-order chi connectivity index (χ0) is 13.0. The number of carbonyl (C=O) groups is 1. The number of hydrogen-bond acceptors (Lipinski definition) is 2. The Morgan fingerprint density at radius 2 is 1.94 bits per heavy atom. The van der Waals surface area contributed by atoms with Crippen LogP contribution in [0.1, 0.15) is 10.4 Å². The van der Waals surface area contributed by atoms with E-state index in [1.54, 1.807) is 17.0 Å². The Kier molecular flexibility index (Phi) is 3.96. The number of carbonyl (C=O) groups excluding carboxylic acids is 1. The van der Waals surface area contributed by atoms with E-state index in [4.69, 9.17) is 6.42 Å². The molecule has 2 rings (SSSR count). The molecule has 3 nitrogen and oxygen atoms in total. The lowest BCUT2D eigenvalue weighted by atomic mass is 10.1. The molecule has 0 unspecified atom stereocenters. The second kappa shape index (κ2) is 5.65. The van der Waals surface area contributed by atoms with Crippen molar-refractivity contribution >= 4 is 5.91 Å². The lowest BCUT2D eigenvalue weighted by Crippen LogP contribution is -2.48. The summed E-state index contributed by atoms with van der Waals surface area (Å²) < 4.78 is 13.5. The van der Waals surface area contributed by atoms with Gasteiger partial charge in [0.1, 0.15) is 5.82 Å². The monoisotopic (exact) mass is 246 g/mol. The summed E-state index contributed by atoms with van der Waals surface area (Å²) in [4.78, 5) is 15.9.